The van der Waals surface area contributed by atoms with E-state index in [1.54, 1.807) is 7.11 Å². The number of ether oxygens (including phenoxy) is 1. The second-order valence-corrected chi connectivity index (χ2v) is 5.49. The van der Waals surface area contributed by atoms with Crippen molar-refractivity contribution in [2.24, 2.45) is 5.41 Å². The van der Waals surface area contributed by atoms with Gasteiger partial charge < -0.3 is 15.2 Å². The minimum absolute atomic E-state index is 0.189. The molecule has 0 aromatic heterocycles. The molecular formula is C15H23NO2. The molecule has 0 bridgehead atoms. The molecule has 1 aliphatic carbocycles. The predicted molar refractivity (Wildman–Crippen MR) is 72.9 cm³/mol. The highest BCUT2D eigenvalue weighted by Gasteiger charge is 2.41. The molecule has 0 saturated heterocycles. The summed E-state index contributed by atoms with van der Waals surface area (Å²) < 4.78 is 5.15. The van der Waals surface area contributed by atoms with Crippen LogP contribution in [0.5, 0.6) is 5.75 Å². The van der Waals surface area contributed by atoms with Crippen molar-refractivity contribution in [1.29, 1.82) is 0 Å². The van der Waals surface area contributed by atoms with Crippen molar-refractivity contribution in [2.45, 2.75) is 32.2 Å². The van der Waals surface area contributed by atoms with Gasteiger partial charge in [-0.3, -0.25) is 0 Å². The Morgan fingerprint density at radius 2 is 2.00 bits per heavy atom. The lowest BCUT2D eigenvalue weighted by molar-refractivity contribution is 0.204. The molecule has 1 atom stereocenters. The van der Waals surface area contributed by atoms with Crippen molar-refractivity contribution in [2.75, 3.05) is 20.3 Å². The zero-order chi connectivity index (χ0) is 13.0. The van der Waals surface area contributed by atoms with Gasteiger partial charge in [0, 0.05) is 24.6 Å². The van der Waals surface area contributed by atoms with Crippen LogP contribution in [0, 0.1) is 5.41 Å². The van der Waals surface area contributed by atoms with Crippen LogP contribution < -0.4 is 10.1 Å². The average Bonchev–Trinajstić information content (AvgIpc) is 3.18. The summed E-state index contributed by atoms with van der Waals surface area (Å²) in [6, 6.07) is 8.64. The number of methoxy groups -OCH3 is 1. The Bertz CT molecular complexity index is 371. The largest absolute Gasteiger partial charge is 0.497 e. The van der Waals surface area contributed by atoms with Crippen molar-refractivity contribution in [3.63, 3.8) is 0 Å². The molecule has 0 aliphatic heterocycles. The lowest BCUT2D eigenvalue weighted by Gasteiger charge is -2.18. The first-order valence-electron chi connectivity index (χ1n) is 6.65. The quantitative estimate of drug-likeness (QED) is 0.776. The lowest BCUT2D eigenvalue weighted by atomic mass is 10.0. The summed E-state index contributed by atoms with van der Waals surface area (Å²) in [6.45, 7) is 3.44. The molecule has 1 aromatic carbocycles. The fourth-order valence-electron chi connectivity index (χ4n) is 2.15. The zero-order valence-electron chi connectivity index (χ0n) is 11.3. The van der Waals surface area contributed by atoms with Gasteiger partial charge in [-0.05, 0) is 43.9 Å². The van der Waals surface area contributed by atoms with Gasteiger partial charge in [0.15, 0.2) is 0 Å². The maximum absolute atomic E-state index is 9.26. The van der Waals surface area contributed by atoms with Crippen LogP contribution in [0.3, 0.4) is 0 Å². The standard InChI is InChI=1S/C15H23NO2/c1-12(16-10-15(11-17)7-8-15)9-13-3-5-14(18-2)6-4-13/h3-6,12,16-17H,7-11H2,1-2H3. The highest BCUT2D eigenvalue weighted by Crippen LogP contribution is 2.44. The zero-order valence-corrected chi connectivity index (χ0v) is 11.3. The fourth-order valence-corrected chi connectivity index (χ4v) is 2.15. The molecule has 2 rings (SSSR count). The van der Waals surface area contributed by atoms with E-state index in [-0.39, 0.29) is 5.41 Å². The molecule has 0 heterocycles. The topological polar surface area (TPSA) is 41.5 Å². The van der Waals surface area contributed by atoms with Gasteiger partial charge in [0.1, 0.15) is 5.75 Å². The molecule has 1 aliphatic rings. The van der Waals surface area contributed by atoms with Gasteiger partial charge in [0.25, 0.3) is 0 Å². The van der Waals surface area contributed by atoms with Crippen LogP contribution in [-0.2, 0) is 6.42 Å². The molecule has 3 heteroatoms. The van der Waals surface area contributed by atoms with E-state index in [2.05, 4.69) is 24.4 Å². The second kappa shape index (κ2) is 5.72. The van der Waals surface area contributed by atoms with E-state index >= 15 is 0 Å². The first-order valence-corrected chi connectivity index (χ1v) is 6.65. The van der Waals surface area contributed by atoms with Gasteiger partial charge in [0.05, 0.1) is 7.11 Å². The third-order valence-electron chi connectivity index (χ3n) is 3.82. The molecule has 0 spiro atoms. The van der Waals surface area contributed by atoms with E-state index in [0.29, 0.717) is 12.6 Å². The van der Waals surface area contributed by atoms with E-state index in [9.17, 15) is 5.11 Å². The predicted octanol–water partition coefficient (Wildman–Crippen LogP) is 1.99. The number of aliphatic hydroxyl groups is 1. The SMILES string of the molecule is COc1ccc(CC(C)NCC2(CO)CC2)cc1. The highest BCUT2D eigenvalue weighted by molar-refractivity contribution is 5.27. The number of hydrogen-bond donors (Lipinski definition) is 2. The summed E-state index contributed by atoms with van der Waals surface area (Å²) in [7, 11) is 1.68. The Hall–Kier alpha value is -1.06. The molecule has 0 radical (unpaired) electrons. The third-order valence-corrected chi connectivity index (χ3v) is 3.82. The summed E-state index contributed by atoms with van der Waals surface area (Å²) in [6.07, 6.45) is 3.32. The number of aliphatic hydroxyl groups excluding tert-OH is 1. The van der Waals surface area contributed by atoms with E-state index in [1.165, 1.54) is 5.56 Å². The number of hydrogen-bond acceptors (Lipinski definition) is 3. The number of benzene rings is 1. The molecule has 2 N–H and O–H groups in total. The summed E-state index contributed by atoms with van der Waals surface area (Å²) in [5.41, 5.74) is 1.50. The summed E-state index contributed by atoms with van der Waals surface area (Å²) in [4.78, 5) is 0. The Labute approximate surface area is 109 Å². The fraction of sp³-hybridized carbons (Fsp3) is 0.600. The van der Waals surface area contributed by atoms with Gasteiger partial charge in [0.2, 0.25) is 0 Å². The van der Waals surface area contributed by atoms with Crippen LogP contribution in [0.2, 0.25) is 0 Å². The molecular weight excluding hydrogens is 226 g/mol. The monoisotopic (exact) mass is 249 g/mol. The van der Waals surface area contributed by atoms with Crippen molar-refractivity contribution < 1.29 is 9.84 Å². The Morgan fingerprint density at radius 3 is 2.50 bits per heavy atom. The van der Waals surface area contributed by atoms with E-state index in [1.807, 2.05) is 12.1 Å². The minimum atomic E-state index is 0.189. The molecule has 1 saturated carbocycles. The third kappa shape index (κ3) is 3.47. The maximum Gasteiger partial charge on any atom is 0.118 e. The van der Waals surface area contributed by atoms with Gasteiger partial charge >= 0.3 is 0 Å². The van der Waals surface area contributed by atoms with Crippen LogP contribution in [0.15, 0.2) is 24.3 Å². The number of rotatable bonds is 7. The van der Waals surface area contributed by atoms with Crippen LogP contribution in [0.25, 0.3) is 0 Å². The first-order chi connectivity index (χ1) is 8.67. The summed E-state index contributed by atoms with van der Waals surface area (Å²) in [5.74, 6) is 0.900. The normalized spacial score (nSPS) is 18.4. The van der Waals surface area contributed by atoms with Gasteiger partial charge in [-0.1, -0.05) is 12.1 Å². The maximum atomic E-state index is 9.26. The van der Waals surface area contributed by atoms with E-state index in [0.717, 1.165) is 31.6 Å². The van der Waals surface area contributed by atoms with Crippen molar-refractivity contribution in [1.82, 2.24) is 5.32 Å². The molecule has 18 heavy (non-hydrogen) atoms. The Kier molecular flexibility index (Phi) is 4.25. The Balaban J connectivity index is 1.77. The lowest BCUT2D eigenvalue weighted by Crippen LogP contribution is -2.34. The molecule has 1 aromatic rings. The van der Waals surface area contributed by atoms with E-state index in [4.69, 9.17) is 4.74 Å². The van der Waals surface area contributed by atoms with E-state index < -0.39 is 0 Å². The molecule has 1 unspecified atom stereocenters. The van der Waals surface area contributed by atoms with Crippen LogP contribution in [0.4, 0.5) is 0 Å². The van der Waals surface area contributed by atoms with Crippen molar-refractivity contribution >= 4 is 0 Å². The smallest absolute Gasteiger partial charge is 0.118 e. The molecule has 3 nitrogen and oxygen atoms in total. The van der Waals surface area contributed by atoms with Crippen LogP contribution in [-0.4, -0.2) is 31.4 Å². The number of nitrogens with one attached hydrogen (secondary N) is 1. The molecule has 1 fully saturated rings. The van der Waals surface area contributed by atoms with Gasteiger partial charge in [-0.15, -0.1) is 0 Å². The summed E-state index contributed by atoms with van der Waals surface area (Å²) >= 11 is 0. The first kappa shape index (κ1) is 13.4. The van der Waals surface area contributed by atoms with Crippen molar-refractivity contribution in [3.8, 4) is 5.75 Å². The van der Waals surface area contributed by atoms with Crippen molar-refractivity contribution in [3.05, 3.63) is 29.8 Å². The molecule has 100 valence electrons. The highest BCUT2D eigenvalue weighted by atomic mass is 16.5. The van der Waals surface area contributed by atoms with Crippen LogP contribution in [0.1, 0.15) is 25.3 Å². The average molecular weight is 249 g/mol. The van der Waals surface area contributed by atoms with Gasteiger partial charge in [-0.25, -0.2) is 0 Å². The second-order valence-electron chi connectivity index (χ2n) is 5.49. The Morgan fingerprint density at radius 1 is 1.33 bits per heavy atom. The van der Waals surface area contributed by atoms with Crippen LogP contribution >= 0.6 is 0 Å². The summed E-state index contributed by atoms with van der Waals surface area (Å²) in [5, 5.41) is 12.8. The molecule has 0 amide bonds. The minimum Gasteiger partial charge on any atom is -0.497 e. The van der Waals surface area contributed by atoms with Gasteiger partial charge in [-0.2, -0.15) is 0 Å².